The Hall–Kier alpha value is -1.24. The number of benzene rings is 1. The third kappa shape index (κ3) is 2.38. The lowest BCUT2D eigenvalue weighted by Crippen LogP contribution is -2.09. The topological polar surface area (TPSA) is 43.4 Å². The molecule has 14 heavy (non-hydrogen) atoms. The summed E-state index contributed by atoms with van der Waals surface area (Å²) < 4.78 is 63.1. The van der Waals surface area contributed by atoms with Crippen LogP contribution in [-0.2, 0) is 10.1 Å². The Kier molecular flexibility index (Phi) is 2.70. The summed E-state index contributed by atoms with van der Waals surface area (Å²) in [5.74, 6) is -5.60. The van der Waals surface area contributed by atoms with Crippen LogP contribution in [-0.4, -0.2) is 14.7 Å². The molecule has 0 heterocycles. The molecule has 0 spiro atoms. The molecule has 0 aliphatic rings. The Morgan fingerprint density at radius 3 is 2.14 bits per heavy atom. The summed E-state index contributed by atoms with van der Waals surface area (Å²) in [6.45, 7) is 0. The van der Waals surface area contributed by atoms with Gasteiger partial charge in [0.25, 0.3) is 0 Å². The van der Waals surface area contributed by atoms with Crippen LogP contribution in [0, 0.1) is 17.5 Å². The number of hydrogen-bond donors (Lipinski definition) is 0. The molecule has 0 aliphatic carbocycles. The van der Waals surface area contributed by atoms with Crippen LogP contribution >= 0.6 is 0 Å². The van der Waals surface area contributed by atoms with Crippen molar-refractivity contribution in [1.29, 1.82) is 0 Å². The van der Waals surface area contributed by atoms with Crippen LogP contribution in [0.2, 0.25) is 0 Å². The molecule has 0 aromatic heterocycles. The largest absolute Gasteiger partial charge is 0.376 e. The molecule has 0 unspecified atom stereocenters. The third-order valence-electron chi connectivity index (χ3n) is 1.24. The summed E-state index contributed by atoms with van der Waals surface area (Å²) in [5.41, 5.74) is 0. The predicted octanol–water partition coefficient (Wildman–Crippen LogP) is 1.44. The van der Waals surface area contributed by atoms with Crippen molar-refractivity contribution in [2.45, 2.75) is 0 Å². The van der Waals surface area contributed by atoms with Gasteiger partial charge in [-0.25, -0.2) is 8.78 Å². The molecule has 0 amide bonds. The van der Waals surface area contributed by atoms with Crippen LogP contribution in [0.5, 0.6) is 5.75 Å². The van der Waals surface area contributed by atoms with E-state index in [4.69, 9.17) is 0 Å². The molecule has 0 saturated heterocycles. The Morgan fingerprint density at radius 1 is 1.14 bits per heavy atom. The summed E-state index contributed by atoms with van der Waals surface area (Å²) >= 11 is 0. The van der Waals surface area contributed by atoms with Gasteiger partial charge in [-0.05, 0) is 12.1 Å². The van der Waals surface area contributed by atoms with E-state index in [2.05, 4.69) is 4.18 Å². The van der Waals surface area contributed by atoms with Gasteiger partial charge in [-0.15, -0.1) is 0 Å². The zero-order valence-electron chi connectivity index (χ0n) is 6.92. The van der Waals surface area contributed by atoms with Crippen LogP contribution < -0.4 is 4.18 Å². The van der Waals surface area contributed by atoms with Crippen molar-refractivity contribution in [3.05, 3.63) is 29.6 Å². The first-order valence-electron chi connectivity index (χ1n) is 3.34. The van der Waals surface area contributed by atoms with Crippen molar-refractivity contribution in [2.24, 2.45) is 0 Å². The summed E-state index contributed by atoms with van der Waals surface area (Å²) in [6, 6.07) is 1.10. The fourth-order valence-corrected chi connectivity index (χ4v) is 1.19. The van der Waals surface area contributed by atoms with Crippen LogP contribution in [0.3, 0.4) is 0 Å². The molecule has 0 fully saturated rings. The second-order valence-corrected chi connectivity index (χ2v) is 4.03. The molecular formula is C7H5F3O3S. The molecule has 0 N–H and O–H groups in total. The third-order valence-corrected chi connectivity index (χ3v) is 1.71. The van der Waals surface area contributed by atoms with E-state index in [1.165, 1.54) is 0 Å². The SMILES string of the molecule is CS(=O)(=O)Oc1c(F)ccc(F)c1F. The van der Waals surface area contributed by atoms with Gasteiger partial charge in [0, 0.05) is 0 Å². The first-order chi connectivity index (χ1) is 6.31. The smallest absolute Gasteiger partial charge is 0.306 e. The maximum atomic E-state index is 12.8. The van der Waals surface area contributed by atoms with Crippen molar-refractivity contribution in [3.8, 4) is 5.75 Å². The molecule has 1 rings (SSSR count). The zero-order chi connectivity index (χ0) is 10.9. The molecule has 3 nitrogen and oxygen atoms in total. The van der Waals surface area contributed by atoms with Gasteiger partial charge in [0.2, 0.25) is 11.6 Å². The summed E-state index contributed by atoms with van der Waals surface area (Å²) in [7, 11) is -4.09. The average Bonchev–Trinajstić information content (AvgIpc) is 2.04. The Balaban J connectivity index is 3.27. The van der Waals surface area contributed by atoms with Crippen LogP contribution in [0.4, 0.5) is 13.2 Å². The molecule has 0 radical (unpaired) electrons. The highest BCUT2D eigenvalue weighted by Crippen LogP contribution is 2.24. The monoisotopic (exact) mass is 226 g/mol. The maximum Gasteiger partial charge on any atom is 0.306 e. The van der Waals surface area contributed by atoms with E-state index in [-0.39, 0.29) is 0 Å². The quantitative estimate of drug-likeness (QED) is 0.566. The zero-order valence-corrected chi connectivity index (χ0v) is 7.74. The summed E-state index contributed by atoms with van der Waals surface area (Å²) in [5, 5.41) is 0. The molecule has 1 aromatic carbocycles. The number of halogens is 3. The standard InChI is InChI=1S/C7H5F3O3S/c1-14(11,12)13-7-5(9)3-2-4(8)6(7)10/h2-3H,1H3. The summed E-state index contributed by atoms with van der Waals surface area (Å²) in [4.78, 5) is 0. The van der Waals surface area contributed by atoms with Gasteiger partial charge in [-0.3, -0.25) is 0 Å². The van der Waals surface area contributed by atoms with E-state index >= 15 is 0 Å². The highest BCUT2D eigenvalue weighted by atomic mass is 32.2. The number of rotatable bonds is 2. The van der Waals surface area contributed by atoms with Gasteiger partial charge in [0.1, 0.15) is 0 Å². The van der Waals surface area contributed by atoms with Gasteiger partial charge in [-0.2, -0.15) is 12.8 Å². The lowest BCUT2D eigenvalue weighted by atomic mass is 10.3. The lowest BCUT2D eigenvalue weighted by molar-refractivity contribution is 0.414. The molecule has 78 valence electrons. The fraction of sp³-hybridized carbons (Fsp3) is 0.143. The van der Waals surface area contributed by atoms with Gasteiger partial charge >= 0.3 is 10.1 Å². The van der Waals surface area contributed by atoms with Crippen molar-refractivity contribution >= 4 is 10.1 Å². The normalized spacial score (nSPS) is 11.4. The number of hydrogen-bond acceptors (Lipinski definition) is 3. The van der Waals surface area contributed by atoms with Crippen molar-refractivity contribution in [2.75, 3.05) is 6.26 Å². The molecule has 0 saturated carbocycles. The van der Waals surface area contributed by atoms with Gasteiger partial charge in [0.05, 0.1) is 6.26 Å². The molecule has 7 heteroatoms. The van der Waals surface area contributed by atoms with E-state index in [9.17, 15) is 21.6 Å². The first kappa shape index (κ1) is 10.8. The van der Waals surface area contributed by atoms with Crippen LogP contribution in [0.15, 0.2) is 12.1 Å². The van der Waals surface area contributed by atoms with Crippen molar-refractivity contribution < 1.29 is 25.8 Å². The first-order valence-corrected chi connectivity index (χ1v) is 5.16. The highest BCUT2D eigenvalue weighted by Gasteiger charge is 2.18. The predicted molar refractivity (Wildman–Crippen MR) is 41.8 cm³/mol. The maximum absolute atomic E-state index is 12.8. The van der Waals surface area contributed by atoms with Crippen LogP contribution in [0.1, 0.15) is 0 Å². The minimum absolute atomic E-state index is 0.528. The van der Waals surface area contributed by atoms with Crippen LogP contribution in [0.25, 0.3) is 0 Å². The van der Waals surface area contributed by atoms with Crippen molar-refractivity contribution in [3.63, 3.8) is 0 Å². The van der Waals surface area contributed by atoms with Crippen molar-refractivity contribution in [1.82, 2.24) is 0 Å². The van der Waals surface area contributed by atoms with Gasteiger partial charge in [-0.1, -0.05) is 0 Å². The molecule has 0 bridgehead atoms. The molecule has 0 atom stereocenters. The van der Waals surface area contributed by atoms with E-state index < -0.39 is 33.3 Å². The van der Waals surface area contributed by atoms with Gasteiger partial charge < -0.3 is 4.18 Å². The second kappa shape index (κ2) is 3.49. The van der Waals surface area contributed by atoms with E-state index in [1.54, 1.807) is 0 Å². The average molecular weight is 226 g/mol. The molecule has 1 aromatic rings. The molecule has 0 aliphatic heterocycles. The van der Waals surface area contributed by atoms with E-state index in [1.807, 2.05) is 0 Å². The molecular weight excluding hydrogens is 221 g/mol. The Labute approximate surface area is 78.2 Å². The minimum atomic E-state index is -4.09. The fourth-order valence-electron chi connectivity index (χ4n) is 0.736. The minimum Gasteiger partial charge on any atom is -0.376 e. The highest BCUT2D eigenvalue weighted by molar-refractivity contribution is 7.86. The van der Waals surface area contributed by atoms with E-state index in [0.717, 1.165) is 0 Å². The second-order valence-electron chi connectivity index (χ2n) is 2.46. The lowest BCUT2D eigenvalue weighted by Gasteiger charge is -2.05. The Bertz CT molecular complexity index is 455. The van der Waals surface area contributed by atoms with Gasteiger partial charge in [0.15, 0.2) is 11.6 Å². The Morgan fingerprint density at radius 2 is 1.64 bits per heavy atom. The van der Waals surface area contributed by atoms with E-state index in [0.29, 0.717) is 18.4 Å². The summed E-state index contributed by atoms with van der Waals surface area (Å²) in [6.07, 6.45) is 0.594.